The van der Waals surface area contributed by atoms with Crippen LogP contribution in [-0.4, -0.2) is 17.7 Å². The van der Waals surface area contributed by atoms with E-state index in [1.165, 1.54) is 0 Å². The quantitative estimate of drug-likeness (QED) is 0.924. The molecule has 5 heteroatoms. The summed E-state index contributed by atoms with van der Waals surface area (Å²) in [4.78, 5) is 10.9. The molecule has 25 heavy (non-hydrogen) atoms. The lowest BCUT2D eigenvalue weighted by molar-refractivity contribution is -0.137. The van der Waals surface area contributed by atoms with Gasteiger partial charge in [0.25, 0.3) is 0 Å². The Morgan fingerprint density at radius 2 is 2.20 bits per heavy atom. The lowest BCUT2D eigenvalue weighted by atomic mass is 9.98. The van der Waals surface area contributed by atoms with Crippen LogP contribution in [0.3, 0.4) is 0 Å². The second-order valence-corrected chi connectivity index (χ2v) is 6.44. The van der Waals surface area contributed by atoms with E-state index in [1.54, 1.807) is 0 Å². The van der Waals surface area contributed by atoms with E-state index in [-0.39, 0.29) is 18.4 Å². The summed E-state index contributed by atoms with van der Waals surface area (Å²) < 4.78 is 11.8. The Hall–Kier alpha value is -3.00. The molecular weight excluding hydrogens is 318 g/mol. The van der Waals surface area contributed by atoms with Crippen molar-refractivity contribution in [3.8, 4) is 17.6 Å². The monoisotopic (exact) mass is 335 g/mol. The molecule has 0 aromatic heterocycles. The maximum atomic E-state index is 10.9. The zero-order valence-corrected chi connectivity index (χ0v) is 13.6. The van der Waals surface area contributed by atoms with Gasteiger partial charge in [0.15, 0.2) is 0 Å². The molecule has 126 valence electrons. The average molecular weight is 335 g/mol. The van der Waals surface area contributed by atoms with Crippen LogP contribution in [0.2, 0.25) is 0 Å². The molecule has 0 radical (unpaired) electrons. The van der Waals surface area contributed by atoms with Crippen LogP contribution in [0, 0.1) is 11.3 Å². The van der Waals surface area contributed by atoms with Crippen molar-refractivity contribution in [3.63, 3.8) is 0 Å². The molecule has 1 aliphatic heterocycles. The fourth-order valence-electron chi connectivity index (χ4n) is 3.72. The van der Waals surface area contributed by atoms with Crippen LogP contribution < -0.4 is 9.47 Å². The molecule has 4 rings (SSSR count). The first kappa shape index (κ1) is 15.5. The summed E-state index contributed by atoms with van der Waals surface area (Å²) in [5.74, 6) is 0.479. The van der Waals surface area contributed by atoms with Gasteiger partial charge in [-0.15, -0.1) is 0 Å². The van der Waals surface area contributed by atoms with E-state index in [4.69, 9.17) is 14.6 Å². The molecule has 0 saturated heterocycles. The number of carboxylic acids is 1. The number of hydrogen-bond acceptors (Lipinski definition) is 4. The molecule has 0 spiro atoms. The molecule has 2 aromatic rings. The molecule has 1 N–H and O–H groups in total. The fourth-order valence-corrected chi connectivity index (χ4v) is 3.72. The third-order valence-electron chi connectivity index (χ3n) is 4.90. The van der Waals surface area contributed by atoms with E-state index in [1.807, 2.05) is 36.4 Å². The lowest BCUT2D eigenvalue weighted by Crippen LogP contribution is -2.07. The smallest absolute Gasteiger partial charge is 0.304 e. The Morgan fingerprint density at radius 3 is 3.00 bits per heavy atom. The van der Waals surface area contributed by atoms with Crippen molar-refractivity contribution >= 4 is 5.97 Å². The van der Waals surface area contributed by atoms with Crippen LogP contribution in [0.15, 0.2) is 36.4 Å². The number of fused-ring (bicyclic) bond motifs is 2. The number of aliphatic carboxylic acids is 1. The summed E-state index contributed by atoms with van der Waals surface area (Å²) in [7, 11) is 0. The molecule has 2 atom stereocenters. The first-order valence-electron chi connectivity index (χ1n) is 8.33. The van der Waals surface area contributed by atoms with Crippen molar-refractivity contribution in [2.45, 2.75) is 31.3 Å². The van der Waals surface area contributed by atoms with Crippen molar-refractivity contribution < 1.29 is 19.4 Å². The topological polar surface area (TPSA) is 79.5 Å². The van der Waals surface area contributed by atoms with Crippen molar-refractivity contribution in [3.05, 3.63) is 58.7 Å². The summed E-state index contributed by atoms with van der Waals surface area (Å²) in [6.45, 7) is 0.392. The summed E-state index contributed by atoms with van der Waals surface area (Å²) in [6.07, 6.45) is 1.68. The summed E-state index contributed by atoms with van der Waals surface area (Å²) in [5, 5.41) is 18.2. The van der Waals surface area contributed by atoms with Crippen LogP contribution in [-0.2, 0) is 11.2 Å². The van der Waals surface area contributed by atoms with Gasteiger partial charge in [-0.3, -0.25) is 4.79 Å². The molecule has 1 aliphatic carbocycles. The maximum absolute atomic E-state index is 10.9. The predicted molar refractivity (Wildman–Crippen MR) is 89.8 cm³/mol. The van der Waals surface area contributed by atoms with Gasteiger partial charge >= 0.3 is 5.97 Å². The molecule has 2 aliphatic rings. The Bertz CT molecular complexity index is 884. The number of nitrogens with zero attached hydrogens (tertiary/aromatic N) is 1. The van der Waals surface area contributed by atoms with Crippen molar-refractivity contribution in [2.24, 2.45) is 0 Å². The minimum Gasteiger partial charge on any atom is -0.492 e. The van der Waals surface area contributed by atoms with Gasteiger partial charge in [-0.1, -0.05) is 18.2 Å². The van der Waals surface area contributed by atoms with Gasteiger partial charge in [-0.05, 0) is 36.1 Å². The zero-order valence-electron chi connectivity index (χ0n) is 13.6. The van der Waals surface area contributed by atoms with Gasteiger partial charge in [0.2, 0.25) is 0 Å². The molecule has 0 fully saturated rings. The highest BCUT2D eigenvalue weighted by molar-refractivity contribution is 5.68. The van der Waals surface area contributed by atoms with Gasteiger partial charge in [0, 0.05) is 17.5 Å². The standard InChI is InChI=1S/C20H17NO4/c21-10-12-2-1-3-17-15(12)6-7-18(17)25-14-4-5-16-13(8-20(22)23)11-24-19(16)9-14/h1-5,9,13,18H,6-8,11H2,(H,22,23). The lowest BCUT2D eigenvalue weighted by Gasteiger charge is -2.16. The fraction of sp³-hybridized carbons (Fsp3) is 0.300. The van der Waals surface area contributed by atoms with Gasteiger partial charge < -0.3 is 14.6 Å². The van der Waals surface area contributed by atoms with Crippen molar-refractivity contribution in [1.29, 1.82) is 5.26 Å². The van der Waals surface area contributed by atoms with Crippen LogP contribution in [0.5, 0.6) is 11.5 Å². The Balaban J connectivity index is 1.55. The number of nitriles is 1. The van der Waals surface area contributed by atoms with Crippen molar-refractivity contribution in [2.75, 3.05) is 6.61 Å². The summed E-state index contributed by atoms with van der Waals surface area (Å²) in [6, 6.07) is 13.6. The second-order valence-electron chi connectivity index (χ2n) is 6.44. The highest BCUT2D eigenvalue weighted by Crippen LogP contribution is 2.41. The highest BCUT2D eigenvalue weighted by Gasteiger charge is 2.29. The van der Waals surface area contributed by atoms with E-state index < -0.39 is 5.97 Å². The molecule has 0 bridgehead atoms. The van der Waals surface area contributed by atoms with E-state index in [9.17, 15) is 10.1 Å². The molecule has 1 heterocycles. The van der Waals surface area contributed by atoms with Crippen LogP contribution >= 0.6 is 0 Å². The Morgan fingerprint density at radius 1 is 1.32 bits per heavy atom. The van der Waals surface area contributed by atoms with Gasteiger partial charge in [-0.2, -0.15) is 5.26 Å². The number of carboxylic acid groups (broad SMARTS) is 1. The average Bonchev–Trinajstić information content (AvgIpc) is 3.19. The molecule has 0 amide bonds. The van der Waals surface area contributed by atoms with E-state index >= 15 is 0 Å². The minimum atomic E-state index is -0.822. The first-order chi connectivity index (χ1) is 12.2. The zero-order chi connectivity index (χ0) is 17.4. The first-order valence-corrected chi connectivity index (χ1v) is 8.33. The van der Waals surface area contributed by atoms with E-state index in [2.05, 4.69) is 6.07 Å². The molecule has 2 aromatic carbocycles. The minimum absolute atomic E-state index is 0.0696. The maximum Gasteiger partial charge on any atom is 0.304 e. The van der Waals surface area contributed by atoms with Crippen LogP contribution in [0.1, 0.15) is 47.1 Å². The Kier molecular flexibility index (Phi) is 3.81. The largest absolute Gasteiger partial charge is 0.492 e. The summed E-state index contributed by atoms with van der Waals surface area (Å²) in [5.41, 5.74) is 3.80. The van der Waals surface area contributed by atoms with E-state index in [0.29, 0.717) is 18.1 Å². The van der Waals surface area contributed by atoms with E-state index in [0.717, 1.165) is 35.1 Å². The number of ether oxygens (including phenoxy) is 2. The normalized spacial score (nSPS) is 20.3. The Labute approximate surface area is 145 Å². The van der Waals surface area contributed by atoms with Crippen molar-refractivity contribution in [1.82, 2.24) is 0 Å². The predicted octanol–water partition coefficient (Wildman–Crippen LogP) is 3.58. The third kappa shape index (κ3) is 2.80. The molecule has 2 unspecified atom stereocenters. The number of rotatable bonds is 4. The van der Waals surface area contributed by atoms with Gasteiger partial charge in [-0.25, -0.2) is 0 Å². The molecule has 0 saturated carbocycles. The number of benzene rings is 2. The highest BCUT2D eigenvalue weighted by atomic mass is 16.5. The third-order valence-corrected chi connectivity index (χ3v) is 4.90. The molecular formula is C20H17NO4. The van der Waals surface area contributed by atoms with Gasteiger partial charge in [0.1, 0.15) is 17.6 Å². The number of carbonyl (C=O) groups is 1. The molecule has 5 nitrogen and oxygen atoms in total. The van der Waals surface area contributed by atoms with Crippen LogP contribution in [0.4, 0.5) is 0 Å². The second kappa shape index (κ2) is 6.14. The summed E-state index contributed by atoms with van der Waals surface area (Å²) >= 11 is 0. The van der Waals surface area contributed by atoms with Crippen LogP contribution in [0.25, 0.3) is 0 Å². The van der Waals surface area contributed by atoms with Gasteiger partial charge in [0.05, 0.1) is 24.7 Å². The SMILES string of the molecule is N#Cc1cccc2c1CCC2Oc1ccc2c(c1)OCC2CC(=O)O. The number of hydrogen-bond donors (Lipinski definition) is 1.